The van der Waals surface area contributed by atoms with Crippen LogP contribution in [0.2, 0.25) is 0 Å². The molecule has 8 heteroatoms. The third-order valence-electron chi connectivity index (χ3n) is 4.76. The van der Waals surface area contributed by atoms with Gasteiger partial charge < -0.3 is 10.6 Å². The number of hydrogen-bond acceptors (Lipinski definition) is 5. The number of rotatable bonds is 5. The summed E-state index contributed by atoms with van der Waals surface area (Å²) < 4.78 is 1.78. The fourth-order valence-electron chi connectivity index (χ4n) is 3.18. The molecule has 0 saturated heterocycles. The van der Waals surface area contributed by atoms with Gasteiger partial charge in [0.05, 0.1) is 0 Å². The van der Waals surface area contributed by atoms with Crippen LogP contribution in [0.4, 0.5) is 16.2 Å². The first kappa shape index (κ1) is 19.9. The molecule has 2 aromatic carbocycles. The van der Waals surface area contributed by atoms with Gasteiger partial charge in [0.15, 0.2) is 0 Å². The number of para-hydroxylation sites is 1. The van der Waals surface area contributed by atoms with Crippen LogP contribution < -0.4 is 10.6 Å². The monoisotopic (exact) mass is 418 g/mol. The molecular formula is C22H22N6OS. The highest BCUT2D eigenvalue weighted by Gasteiger charge is 2.14. The van der Waals surface area contributed by atoms with Gasteiger partial charge in [-0.05, 0) is 56.2 Å². The second-order valence-corrected chi connectivity index (χ2v) is 7.89. The summed E-state index contributed by atoms with van der Waals surface area (Å²) in [5.74, 6) is 0.596. The van der Waals surface area contributed by atoms with Crippen LogP contribution in [0.5, 0.6) is 0 Å². The van der Waals surface area contributed by atoms with E-state index in [1.165, 1.54) is 6.33 Å². The van der Waals surface area contributed by atoms with E-state index < -0.39 is 0 Å². The molecule has 0 unspecified atom stereocenters. The number of aryl methyl sites for hydroxylation is 2. The number of urea groups is 1. The average molecular weight is 419 g/mol. The third-order valence-corrected chi connectivity index (χ3v) is 5.88. The summed E-state index contributed by atoms with van der Waals surface area (Å²) in [7, 11) is 0. The lowest BCUT2D eigenvalue weighted by Crippen LogP contribution is -2.19. The van der Waals surface area contributed by atoms with Gasteiger partial charge in [-0.1, -0.05) is 36.9 Å². The van der Waals surface area contributed by atoms with Crippen molar-refractivity contribution in [2.24, 2.45) is 0 Å². The second-order valence-electron chi connectivity index (χ2n) is 6.83. The van der Waals surface area contributed by atoms with Gasteiger partial charge in [0.25, 0.3) is 5.78 Å². The highest BCUT2D eigenvalue weighted by Crippen LogP contribution is 2.32. The molecule has 0 aliphatic heterocycles. The highest BCUT2D eigenvalue weighted by atomic mass is 32.2. The molecule has 0 aliphatic rings. The Labute approximate surface area is 179 Å². The molecule has 7 nitrogen and oxygen atoms in total. The summed E-state index contributed by atoms with van der Waals surface area (Å²) >= 11 is 1.61. The number of nitrogens with zero attached hydrogens (tertiary/aromatic N) is 4. The van der Waals surface area contributed by atoms with E-state index in [4.69, 9.17) is 0 Å². The average Bonchev–Trinajstić information content (AvgIpc) is 3.19. The predicted molar refractivity (Wildman–Crippen MR) is 119 cm³/mol. The molecular weight excluding hydrogens is 396 g/mol. The molecule has 0 bridgehead atoms. The van der Waals surface area contributed by atoms with Crippen LogP contribution in [-0.2, 0) is 6.42 Å². The standard InChI is InChI=1S/C22H22N6OS/c1-4-18-15(3)25-21-23-13-24-28(21)20(18)30-17-11-9-16(10-12-17)26-22(29)27-19-8-6-5-7-14(19)2/h5-13H,4H2,1-3H3,(H2,26,27,29). The molecule has 0 aliphatic carbocycles. The molecule has 152 valence electrons. The molecule has 0 fully saturated rings. The van der Waals surface area contributed by atoms with Crippen molar-refractivity contribution in [1.29, 1.82) is 0 Å². The van der Waals surface area contributed by atoms with E-state index in [0.29, 0.717) is 5.78 Å². The first-order valence-electron chi connectivity index (χ1n) is 9.66. The quantitative estimate of drug-likeness (QED) is 0.441. The fourth-order valence-corrected chi connectivity index (χ4v) is 4.31. The van der Waals surface area contributed by atoms with Crippen molar-refractivity contribution in [3.8, 4) is 0 Å². The number of amides is 2. The van der Waals surface area contributed by atoms with Gasteiger partial charge in [-0.2, -0.15) is 14.6 Å². The van der Waals surface area contributed by atoms with Crippen LogP contribution in [0.1, 0.15) is 23.7 Å². The molecule has 2 N–H and O–H groups in total. The van der Waals surface area contributed by atoms with Crippen LogP contribution in [-0.4, -0.2) is 25.6 Å². The summed E-state index contributed by atoms with van der Waals surface area (Å²) in [4.78, 5) is 22.1. The molecule has 30 heavy (non-hydrogen) atoms. The van der Waals surface area contributed by atoms with E-state index in [-0.39, 0.29) is 6.03 Å². The lowest BCUT2D eigenvalue weighted by molar-refractivity contribution is 0.262. The number of aromatic nitrogens is 4. The molecule has 2 heterocycles. The Morgan fingerprint density at radius 1 is 1.07 bits per heavy atom. The minimum absolute atomic E-state index is 0.271. The lowest BCUT2D eigenvalue weighted by atomic mass is 10.2. The van der Waals surface area contributed by atoms with Crippen LogP contribution in [0, 0.1) is 13.8 Å². The van der Waals surface area contributed by atoms with Gasteiger partial charge in [-0.3, -0.25) is 0 Å². The minimum atomic E-state index is -0.271. The SMILES string of the molecule is CCc1c(C)nc2ncnn2c1Sc1ccc(NC(=O)Nc2ccccc2C)cc1. The van der Waals surface area contributed by atoms with Crippen LogP contribution in [0.25, 0.3) is 5.78 Å². The van der Waals surface area contributed by atoms with Crippen LogP contribution in [0.3, 0.4) is 0 Å². The molecule has 0 spiro atoms. The minimum Gasteiger partial charge on any atom is -0.308 e. The van der Waals surface area contributed by atoms with Crippen molar-refractivity contribution in [3.63, 3.8) is 0 Å². The molecule has 4 rings (SSSR count). The topological polar surface area (TPSA) is 84.2 Å². The Morgan fingerprint density at radius 3 is 2.57 bits per heavy atom. The molecule has 0 saturated carbocycles. The van der Waals surface area contributed by atoms with E-state index in [0.717, 1.165) is 44.5 Å². The van der Waals surface area contributed by atoms with Crippen molar-refractivity contribution in [2.75, 3.05) is 10.6 Å². The Balaban J connectivity index is 1.50. The Kier molecular flexibility index (Phi) is 5.67. The maximum absolute atomic E-state index is 12.3. The lowest BCUT2D eigenvalue weighted by Gasteiger charge is -2.12. The molecule has 4 aromatic rings. The maximum Gasteiger partial charge on any atom is 0.323 e. The van der Waals surface area contributed by atoms with Crippen LogP contribution >= 0.6 is 11.8 Å². The smallest absolute Gasteiger partial charge is 0.308 e. The van der Waals surface area contributed by atoms with Crippen molar-refractivity contribution in [1.82, 2.24) is 19.6 Å². The molecule has 0 atom stereocenters. The summed E-state index contributed by atoms with van der Waals surface area (Å²) in [6.07, 6.45) is 2.38. The second kappa shape index (κ2) is 8.54. The van der Waals surface area contributed by atoms with Gasteiger partial charge in [0.1, 0.15) is 11.4 Å². The van der Waals surface area contributed by atoms with Gasteiger partial charge >= 0.3 is 6.03 Å². The zero-order chi connectivity index (χ0) is 21.1. The van der Waals surface area contributed by atoms with E-state index in [1.807, 2.05) is 62.4 Å². The molecule has 2 amide bonds. The number of benzene rings is 2. The summed E-state index contributed by atoms with van der Waals surface area (Å²) in [6.45, 7) is 6.06. The third kappa shape index (κ3) is 4.13. The summed E-state index contributed by atoms with van der Waals surface area (Å²) in [5, 5.41) is 11.1. The number of nitrogens with one attached hydrogen (secondary N) is 2. The number of hydrogen-bond donors (Lipinski definition) is 2. The van der Waals surface area contributed by atoms with Crippen molar-refractivity contribution < 1.29 is 4.79 Å². The van der Waals surface area contributed by atoms with E-state index in [2.05, 4.69) is 32.6 Å². The Bertz CT molecular complexity index is 1200. The van der Waals surface area contributed by atoms with Crippen molar-refractivity contribution in [3.05, 3.63) is 71.7 Å². The van der Waals surface area contributed by atoms with Gasteiger partial charge in [0, 0.05) is 27.5 Å². The zero-order valence-electron chi connectivity index (χ0n) is 17.0. The van der Waals surface area contributed by atoms with Crippen molar-refractivity contribution in [2.45, 2.75) is 37.1 Å². The number of fused-ring (bicyclic) bond motifs is 1. The van der Waals surface area contributed by atoms with Gasteiger partial charge in [-0.15, -0.1) is 0 Å². The predicted octanol–water partition coefficient (Wildman–Crippen LogP) is 5.10. The Hall–Kier alpha value is -3.39. The van der Waals surface area contributed by atoms with Gasteiger partial charge in [0.2, 0.25) is 0 Å². The normalized spacial score (nSPS) is 10.9. The van der Waals surface area contributed by atoms with Crippen molar-refractivity contribution >= 4 is 34.9 Å². The zero-order valence-corrected chi connectivity index (χ0v) is 17.8. The first-order chi connectivity index (χ1) is 14.5. The van der Waals surface area contributed by atoms with E-state index >= 15 is 0 Å². The number of carbonyl (C=O) groups excluding carboxylic acids is 1. The summed E-state index contributed by atoms with van der Waals surface area (Å²) in [5.41, 5.74) is 4.64. The maximum atomic E-state index is 12.3. The molecule has 0 radical (unpaired) electrons. The fraction of sp³-hybridized carbons (Fsp3) is 0.182. The van der Waals surface area contributed by atoms with Crippen LogP contribution in [0.15, 0.2) is 64.8 Å². The van der Waals surface area contributed by atoms with E-state index in [9.17, 15) is 4.79 Å². The Morgan fingerprint density at radius 2 is 1.83 bits per heavy atom. The number of carbonyl (C=O) groups is 1. The highest BCUT2D eigenvalue weighted by molar-refractivity contribution is 7.99. The summed E-state index contributed by atoms with van der Waals surface area (Å²) in [6, 6.07) is 15.1. The largest absolute Gasteiger partial charge is 0.323 e. The first-order valence-corrected chi connectivity index (χ1v) is 10.5. The number of anilines is 2. The molecule has 2 aromatic heterocycles. The van der Waals surface area contributed by atoms with E-state index in [1.54, 1.807) is 16.3 Å². The van der Waals surface area contributed by atoms with Gasteiger partial charge in [-0.25, -0.2) is 9.78 Å².